The summed E-state index contributed by atoms with van der Waals surface area (Å²) in [5, 5.41) is 1.86. The fourth-order valence-electron chi connectivity index (χ4n) is 1.74. The second-order valence-corrected chi connectivity index (χ2v) is 7.53. The molecule has 0 radical (unpaired) electrons. The summed E-state index contributed by atoms with van der Waals surface area (Å²) in [5.41, 5.74) is 6.45. The van der Waals surface area contributed by atoms with Crippen LogP contribution >= 0.6 is 11.3 Å². The molecule has 2 N–H and O–H groups in total. The van der Waals surface area contributed by atoms with Gasteiger partial charge >= 0.3 is 0 Å². The van der Waals surface area contributed by atoms with Crippen molar-refractivity contribution in [3.05, 3.63) is 45.9 Å². The number of hydrogen-bond acceptors (Lipinski definition) is 4. The number of benzene rings is 1. The first-order valence-electron chi connectivity index (χ1n) is 5.86. The van der Waals surface area contributed by atoms with Gasteiger partial charge in [-0.1, -0.05) is 6.07 Å². The van der Waals surface area contributed by atoms with Crippen LogP contribution in [0, 0.1) is 12.7 Å². The highest BCUT2D eigenvalue weighted by Gasteiger charge is 2.25. The highest BCUT2D eigenvalue weighted by atomic mass is 32.2. The Morgan fingerprint density at radius 3 is 2.70 bits per heavy atom. The van der Waals surface area contributed by atoms with E-state index in [-0.39, 0.29) is 17.1 Å². The summed E-state index contributed by atoms with van der Waals surface area (Å²) in [7, 11) is -2.48. The number of thiophene rings is 1. The Balaban J connectivity index is 2.37. The highest BCUT2D eigenvalue weighted by molar-refractivity contribution is 7.89. The number of aryl methyl sites for hydroxylation is 1. The lowest BCUT2D eigenvalue weighted by Crippen LogP contribution is -2.27. The third kappa shape index (κ3) is 2.84. The fourth-order valence-corrected chi connectivity index (χ4v) is 3.81. The number of sulfonamides is 1. The summed E-state index contributed by atoms with van der Waals surface area (Å²) in [4.78, 5) is 0.497. The summed E-state index contributed by atoms with van der Waals surface area (Å²) in [6.07, 6.45) is 0. The van der Waals surface area contributed by atoms with Crippen LogP contribution in [0.5, 0.6) is 0 Å². The fraction of sp³-hybridized carbons (Fsp3) is 0.231. The molecular weight excluding hydrogens is 299 g/mol. The molecule has 0 aliphatic heterocycles. The normalized spacial score (nSPS) is 12.0. The van der Waals surface area contributed by atoms with Gasteiger partial charge in [0.05, 0.1) is 0 Å². The lowest BCUT2D eigenvalue weighted by molar-refractivity contribution is 0.462. The topological polar surface area (TPSA) is 63.4 Å². The molecule has 1 aromatic carbocycles. The van der Waals surface area contributed by atoms with E-state index < -0.39 is 15.8 Å². The minimum Gasteiger partial charge on any atom is -0.398 e. The zero-order valence-corrected chi connectivity index (χ0v) is 12.8. The molecule has 7 heteroatoms. The van der Waals surface area contributed by atoms with Gasteiger partial charge in [-0.3, -0.25) is 0 Å². The predicted octanol–water partition coefficient (Wildman–Crippen LogP) is 2.60. The maximum atomic E-state index is 13.9. The molecule has 20 heavy (non-hydrogen) atoms. The Morgan fingerprint density at radius 1 is 1.40 bits per heavy atom. The maximum Gasteiger partial charge on any atom is 0.246 e. The van der Waals surface area contributed by atoms with Crippen molar-refractivity contribution in [1.82, 2.24) is 4.31 Å². The second kappa shape index (κ2) is 5.51. The molecule has 108 valence electrons. The summed E-state index contributed by atoms with van der Waals surface area (Å²) in [5.74, 6) is -0.783. The van der Waals surface area contributed by atoms with Gasteiger partial charge in [0.25, 0.3) is 0 Å². The number of halogens is 1. The average molecular weight is 314 g/mol. The van der Waals surface area contributed by atoms with Gasteiger partial charge in [0.15, 0.2) is 0 Å². The monoisotopic (exact) mass is 314 g/mol. The molecule has 0 aliphatic carbocycles. The maximum absolute atomic E-state index is 13.9. The van der Waals surface area contributed by atoms with Crippen molar-refractivity contribution in [1.29, 1.82) is 0 Å². The third-order valence-electron chi connectivity index (χ3n) is 2.97. The van der Waals surface area contributed by atoms with E-state index in [0.717, 1.165) is 15.2 Å². The number of rotatable bonds is 4. The van der Waals surface area contributed by atoms with Gasteiger partial charge in [0, 0.05) is 24.2 Å². The number of anilines is 1. The summed E-state index contributed by atoms with van der Waals surface area (Å²) in [6, 6.07) is 5.98. The van der Waals surface area contributed by atoms with Gasteiger partial charge in [-0.15, -0.1) is 11.3 Å². The lowest BCUT2D eigenvalue weighted by Gasteiger charge is -2.17. The number of nitrogen functional groups attached to an aromatic ring is 1. The van der Waals surface area contributed by atoms with Crippen LogP contribution in [-0.4, -0.2) is 19.8 Å². The predicted molar refractivity (Wildman–Crippen MR) is 78.5 cm³/mol. The first kappa shape index (κ1) is 15.0. The van der Waals surface area contributed by atoms with Crippen LogP contribution in [0.3, 0.4) is 0 Å². The van der Waals surface area contributed by atoms with Crippen LogP contribution in [0.15, 0.2) is 34.5 Å². The first-order chi connectivity index (χ1) is 9.32. The number of hydrogen-bond donors (Lipinski definition) is 1. The van der Waals surface area contributed by atoms with Crippen molar-refractivity contribution in [2.75, 3.05) is 12.8 Å². The lowest BCUT2D eigenvalue weighted by atomic mass is 10.2. The SMILES string of the molecule is Cc1cc(F)c(S(=O)(=O)N(C)Cc2cccs2)cc1N. The van der Waals surface area contributed by atoms with E-state index in [1.807, 2.05) is 17.5 Å². The van der Waals surface area contributed by atoms with Crippen molar-refractivity contribution in [3.63, 3.8) is 0 Å². The zero-order valence-electron chi connectivity index (χ0n) is 11.1. The van der Waals surface area contributed by atoms with Gasteiger partial charge in [-0.25, -0.2) is 12.8 Å². The van der Waals surface area contributed by atoms with Crippen molar-refractivity contribution in [3.8, 4) is 0 Å². The van der Waals surface area contributed by atoms with Gasteiger partial charge in [0.1, 0.15) is 10.7 Å². The Kier molecular flexibility index (Phi) is 4.12. The molecule has 2 aromatic rings. The van der Waals surface area contributed by atoms with E-state index >= 15 is 0 Å². The Hall–Kier alpha value is -1.44. The standard InChI is InChI=1S/C13H15FN2O2S2/c1-9-6-11(14)13(7-12(9)15)20(17,18)16(2)8-10-4-3-5-19-10/h3-7H,8,15H2,1-2H3. The van der Waals surface area contributed by atoms with Gasteiger partial charge < -0.3 is 5.73 Å². The van der Waals surface area contributed by atoms with Gasteiger partial charge in [0.2, 0.25) is 10.0 Å². The van der Waals surface area contributed by atoms with Gasteiger partial charge in [-0.2, -0.15) is 4.31 Å². The molecule has 0 amide bonds. The minimum atomic E-state index is -3.90. The van der Waals surface area contributed by atoms with E-state index in [0.29, 0.717) is 5.56 Å². The molecule has 0 bridgehead atoms. The van der Waals surface area contributed by atoms with Crippen molar-refractivity contribution < 1.29 is 12.8 Å². The molecule has 0 aliphatic rings. The van der Waals surface area contributed by atoms with E-state index in [1.54, 1.807) is 6.92 Å². The molecule has 1 heterocycles. The minimum absolute atomic E-state index is 0.202. The highest BCUT2D eigenvalue weighted by Crippen LogP contribution is 2.25. The molecule has 4 nitrogen and oxygen atoms in total. The summed E-state index contributed by atoms with van der Waals surface area (Å²) in [6.45, 7) is 1.83. The van der Waals surface area contributed by atoms with Crippen LogP contribution in [0.1, 0.15) is 10.4 Å². The smallest absolute Gasteiger partial charge is 0.246 e. The molecule has 2 rings (SSSR count). The largest absolute Gasteiger partial charge is 0.398 e. The summed E-state index contributed by atoms with van der Waals surface area (Å²) < 4.78 is 39.8. The molecule has 0 atom stereocenters. The van der Waals surface area contributed by atoms with E-state index in [4.69, 9.17) is 5.73 Å². The molecular formula is C13H15FN2O2S2. The van der Waals surface area contributed by atoms with E-state index in [1.165, 1.54) is 24.5 Å². The van der Waals surface area contributed by atoms with Crippen LogP contribution in [0.4, 0.5) is 10.1 Å². The molecule has 1 aromatic heterocycles. The van der Waals surface area contributed by atoms with Crippen LogP contribution in [0.2, 0.25) is 0 Å². The van der Waals surface area contributed by atoms with Crippen LogP contribution < -0.4 is 5.73 Å². The zero-order chi connectivity index (χ0) is 14.9. The second-order valence-electron chi connectivity index (χ2n) is 4.48. The van der Waals surface area contributed by atoms with Crippen LogP contribution in [0.25, 0.3) is 0 Å². The van der Waals surface area contributed by atoms with Crippen molar-refractivity contribution in [2.45, 2.75) is 18.4 Å². The van der Waals surface area contributed by atoms with E-state index in [2.05, 4.69) is 0 Å². The van der Waals surface area contributed by atoms with E-state index in [9.17, 15) is 12.8 Å². The third-order valence-corrected chi connectivity index (χ3v) is 5.65. The number of nitrogens with two attached hydrogens (primary N) is 1. The van der Waals surface area contributed by atoms with Crippen molar-refractivity contribution >= 4 is 27.0 Å². The average Bonchev–Trinajstić information content (AvgIpc) is 2.86. The molecule has 0 unspecified atom stereocenters. The quantitative estimate of drug-likeness (QED) is 0.882. The Bertz CT molecular complexity index is 712. The first-order valence-corrected chi connectivity index (χ1v) is 8.18. The Morgan fingerprint density at radius 2 is 2.10 bits per heavy atom. The van der Waals surface area contributed by atoms with Crippen molar-refractivity contribution in [2.24, 2.45) is 0 Å². The molecule has 0 saturated carbocycles. The van der Waals surface area contributed by atoms with Gasteiger partial charge in [-0.05, 0) is 36.1 Å². The molecule has 0 spiro atoms. The molecule has 0 fully saturated rings. The van der Waals surface area contributed by atoms with Crippen LogP contribution in [-0.2, 0) is 16.6 Å². The summed E-state index contributed by atoms with van der Waals surface area (Å²) >= 11 is 1.45. The number of nitrogens with zero attached hydrogens (tertiary/aromatic N) is 1. The Labute approximate surface area is 121 Å². The molecule has 0 saturated heterocycles.